The molecule has 1 aromatic carbocycles. The molecule has 1 N–H and O–H groups in total. The number of benzene rings is 1. The third-order valence-electron chi connectivity index (χ3n) is 7.11. The van der Waals surface area contributed by atoms with Crippen LogP contribution in [0.4, 0.5) is 27.8 Å². The van der Waals surface area contributed by atoms with Gasteiger partial charge in [0.25, 0.3) is 6.43 Å². The van der Waals surface area contributed by atoms with Gasteiger partial charge in [0.1, 0.15) is 21.8 Å². The van der Waals surface area contributed by atoms with E-state index in [0.717, 1.165) is 6.07 Å². The van der Waals surface area contributed by atoms with Crippen LogP contribution in [0.3, 0.4) is 0 Å². The van der Waals surface area contributed by atoms with E-state index in [1.165, 1.54) is 45.2 Å². The number of hydrogen-bond donors (Lipinski definition) is 1. The molecule has 1 atom stereocenters. The van der Waals surface area contributed by atoms with Crippen LogP contribution >= 0.6 is 15.9 Å². The number of rotatable bonds is 11. The Bertz CT molecular complexity index is 1280. The van der Waals surface area contributed by atoms with Crippen LogP contribution in [0.25, 0.3) is 10.9 Å². The Labute approximate surface area is 228 Å². The van der Waals surface area contributed by atoms with Gasteiger partial charge in [0.15, 0.2) is 14.1 Å². The first-order valence-corrected chi connectivity index (χ1v) is 15.8. The number of pyridine rings is 1. The van der Waals surface area contributed by atoms with Gasteiger partial charge in [-0.2, -0.15) is 8.78 Å². The van der Waals surface area contributed by atoms with Gasteiger partial charge in [-0.15, -0.1) is 0 Å². The molecule has 0 saturated heterocycles. The highest BCUT2D eigenvalue weighted by Crippen LogP contribution is 2.46. The summed E-state index contributed by atoms with van der Waals surface area (Å²) in [5.74, 6) is -5.47. The smallest absolute Gasteiger partial charge is 0.302 e. The minimum absolute atomic E-state index is 0.00532. The van der Waals surface area contributed by atoms with Crippen molar-refractivity contribution in [2.75, 3.05) is 5.32 Å². The number of anilines is 1. The minimum atomic E-state index is -3.65. The minimum Gasteiger partial charge on any atom is -0.405 e. The van der Waals surface area contributed by atoms with Gasteiger partial charge in [0.05, 0.1) is 23.3 Å². The molecule has 12 heteroatoms. The highest BCUT2D eigenvalue weighted by Gasteiger charge is 2.54. The summed E-state index contributed by atoms with van der Waals surface area (Å²) in [7, 11) is -2.44. The molecule has 3 aromatic rings. The molecule has 0 fully saturated rings. The largest absolute Gasteiger partial charge is 0.405 e. The van der Waals surface area contributed by atoms with Crippen LogP contribution in [0.1, 0.15) is 71.0 Å². The molecule has 0 saturated carbocycles. The molecule has 208 valence electrons. The summed E-state index contributed by atoms with van der Waals surface area (Å²) in [6.07, 6.45) is -1.65. The van der Waals surface area contributed by atoms with Crippen LogP contribution in [0.2, 0.25) is 18.1 Å². The Morgan fingerprint density at radius 1 is 1.08 bits per heavy atom. The number of fused-ring (bicyclic) bond motifs is 1. The van der Waals surface area contributed by atoms with Crippen molar-refractivity contribution in [3.05, 3.63) is 57.8 Å². The lowest BCUT2D eigenvalue weighted by Gasteiger charge is -2.42. The van der Waals surface area contributed by atoms with E-state index in [9.17, 15) is 8.78 Å². The van der Waals surface area contributed by atoms with E-state index in [4.69, 9.17) is 4.43 Å². The second kappa shape index (κ2) is 11.5. The van der Waals surface area contributed by atoms with E-state index in [2.05, 4.69) is 36.2 Å². The highest BCUT2D eigenvalue weighted by molar-refractivity contribution is 9.10. The summed E-state index contributed by atoms with van der Waals surface area (Å²) >= 11 is 3.23. The Morgan fingerprint density at radius 2 is 1.71 bits per heavy atom. The summed E-state index contributed by atoms with van der Waals surface area (Å²) in [5, 5.41) is 3.27. The predicted molar refractivity (Wildman–Crippen MR) is 145 cm³/mol. The highest BCUT2D eigenvalue weighted by atomic mass is 79.9. The molecule has 2 heterocycles. The molecule has 0 unspecified atom stereocenters. The van der Waals surface area contributed by atoms with Crippen molar-refractivity contribution in [1.29, 1.82) is 0 Å². The summed E-state index contributed by atoms with van der Waals surface area (Å²) in [6.45, 7) is 9.95. The molecule has 0 aliphatic carbocycles. The molecule has 0 radical (unpaired) electrons. The van der Waals surface area contributed by atoms with Crippen molar-refractivity contribution >= 4 is 41.0 Å². The van der Waals surface area contributed by atoms with E-state index in [-0.39, 0.29) is 16.9 Å². The summed E-state index contributed by atoms with van der Waals surface area (Å²) in [5.41, 5.74) is -2.65. The SMILES string of the molecule is CC[Si](CC)(CC)OC(C)(C)C(F)(F)c1cccc([C@@H](C)Nc2nc(C(F)F)nc3cnc(Br)cc23)c1F. The van der Waals surface area contributed by atoms with Crippen LogP contribution in [-0.2, 0) is 10.3 Å². The van der Waals surface area contributed by atoms with Gasteiger partial charge in [0.2, 0.25) is 0 Å². The van der Waals surface area contributed by atoms with E-state index < -0.39 is 49.5 Å². The maximum atomic E-state index is 15.9. The molecule has 3 rings (SSSR count). The molecule has 0 amide bonds. The second-order valence-electron chi connectivity index (χ2n) is 9.76. The van der Waals surface area contributed by atoms with Crippen LogP contribution in [0.5, 0.6) is 0 Å². The molecule has 0 bridgehead atoms. The van der Waals surface area contributed by atoms with Gasteiger partial charge in [-0.3, -0.25) is 0 Å². The normalized spacial score (nSPS) is 13.8. The van der Waals surface area contributed by atoms with Crippen molar-refractivity contribution in [3.8, 4) is 0 Å². The van der Waals surface area contributed by atoms with Crippen molar-refractivity contribution in [3.63, 3.8) is 0 Å². The van der Waals surface area contributed by atoms with Crippen LogP contribution in [-0.4, -0.2) is 28.9 Å². The number of nitrogens with zero attached hydrogens (tertiary/aromatic N) is 3. The first-order chi connectivity index (χ1) is 17.7. The summed E-state index contributed by atoms with van der Waals surface area (Å²) in [6, 6.07) is 6.42. The zero-order chi connectivity index (χ0) is 28.5. The number of nitrogens with one attached hydrogen (secondary N) is 1. The first kappa shape index (κ1) is 30.4. The lowest BCUT2D eigenvalue weighted by atomic mass is 9.91. The Kier molecular flexibility index (Phi) is 9.20. The Morgan fingerprint density at radius 3 is 2.29 bits per heavy atom. The standard InChI is InChI=1S/C26H32BrF5N4OSi/c1-7-38(8-2,9-3)37-25(5,6)26(31,32)18-12-10-11-16(21(18)28)15(4)34-23-17-13-20(27)33-14-19(17)35-24(36-23)22(29)30/h10-15,22H,7-9H2,1-6H3,(H,34,35,36)/t15-/m1/s1. The van der Waals surface area contributed by atoms with Crippen LogP contribution in [0, 0.1) is 5.82 Å². The number of aromatic nitrogens is 3. The molecular weight excluding hydrogens is 587 g/mol. The Balaban J connectivity index is 2.02. The topological polar surface area (TPSA) is 59.9 Å². The predicted octanol–water partition coefficient (Wildman–Crippen LogP) is 8.93. The third-order valence-corrected chi connectivity index (χ3v) is 12.4. The molecule has 5 nitrogen and oxygen atoms in total. The number of hydrogen-bond acceptors (Lipinski definition) is 5. The lowest BCUT2D eigenvalue weighted by Crippen LogP contribution is -2.52. The Hall–Kier alpha value is -2.18. The zero-order valence-electron chi connectivity index (χ0n) is 22.2. The van der Waals surface area contributed by atoms with Gasteiger partial charge in [-0.1, -0.05) is 32.9 Å². The van der Waals surface area contributed by atoms with Gasteiger partial charge in [0, 0.05) is 10.9 Å². The average molecular weight is 620 g/mol. The van der Waals surface area contributed by atoms with Crippen LogP contribution in [0.15, 0.2) is 35.1 Å². The van der Waals surface area contributed by atoms with Gasteiger partial charge < -0.3 is 9.74 Å². The van der Waals surface area contributed by atoms with Crippen molar-refractivity contribution in [2.24, 2.45) is 0 Å². The maximum absolute atomic E-state index is 15.9. The average Bonchev–Trinajstić information content (AvgIpc) is 2.87. The fourth-order valence-electron chi connectivity index (χ4n) is 4.54. The van der Waals surface area contributed by atoms with Gasteiger partial charge in [-0.05, 0) is 67.0 Å². The van der Waals surface area contributed by atoms with E-state index in [1.54, 1.807) is 0 Å². The molecule has 0 aliphatic heterocycles. The fourth-order valence-corrected chi connectivity index (χ4v) is 8.01. The van der Waals surface area contributed by atoms with Crippen LogP contribution < -0.4 is 5.32 Å². The zero-order valence-corrected chi connectivity index (χ0v) is 24.8. The molecular formula is C26H32BrF5N4OSi. The van der Waals surface area contributed by atoms with Crippen molar-refractivity contribution in [2.45, 2.75) is 83.7 Å². The molecule has 0 spiro atoms. The van der Waals surface area contributed by atoms with E-state index >= 15 is 13.2 Å². The molecule has 0 aliphatic rings. The van der Waals surface area contributed by atoms with Crippen molar-refractivity contribution in [1.82, 2.24) is 15.0 Å². The summed E-state index contributed by atoms with van der Waals surface area (Å²) < 4.78 is 81.0. The fraction of sp³-hybridized carbons (Fsp3) is 0.500. The number of alkyl halides is 4. The van der Waals surface area contributed by atoms with Gasteiger partial charge >= 0.3 is 5.92 Å². The van der Waals surface area contributed by atoms with E-state index in [1.807, 2.05) is 20.8 Å². The monoisotopic (exact) mass is 618 g/mol. The van der Waals surface area contributed by atoms with E-state index in [0.29, 0.717) is 28.1 Å². The third kappa shape index (κ3) is 5.86. The number of halogens is 6. The molecule has 2 aromatic heterocycles. The second-order valence-corrected chi connectivity index (χ2v) is 15.3. The first-order valence-electron chi connectivity index (χ1n) is 12.5. The molecule has 38 heavy (non-hydrogen) atoms. The summed E-state index contributed by atoms with van der Waals surface area (Å²) in [4.78, 5) is 11.7. The van der Waals surface area contributed by atoms with Crippen molar-refractivity contribution < 1.29 is 26.4 Å². The maximum Gasteiger partial charge on any atom is 0.302 e. The van der Waals surface area contributed by atoms with Gasteiger partial charge in [-0.25, -0.2) is 28.1 Å². The quantitative estimate of drug-likeness (QED) is 0.132. The lowest BCUT2D eigenvalue weighted by molar-refractivity contribution is -0.161.